The van der Waals surface area contributed by atoms with E-state index in [1.165, 1.54) is 13.1 Å². The van der Waals surface area contributed by atoms with Gasteiger partial charge in [-0.1, -0.05) is 6.92 Å². The summed E-state index contributed by atoms with van der Waals surface area (Å²) in [6.07, 6.45) is 0. The van der Waals surface area contributed by atoms with E-state index >= 15 is 0 Å². The molecule has 2 unspecified atom stereocenters. The lowest BCUT2D eigenvalue weighted by atomic mass is 9.73. The fraction of sp³-hybridized carbons (Fsp3) is 1.00. The van der Waals surface area contributed by atoms with Crippen molar-refractivity contribution in [1.82, 2.24) is 9.80 Å². The highest BCUT2D eigenvalue weighted by Crippen LogP contribution is 2.49. The summed E-state index contributed by atoms with van der Waals surface area (Å²) in [6.45, 7) is 9.81. The van der Waals surface area contributed by atoms with E-state index in [2.05, 4.69) is 44.7 Å². The second-order valence-corrected chi connectivity index (χ2v) is 5.29. The summed E-state index contributed by atoms with van der Waals surface area (Å²) in [5.74, 6) is 0.882. The van der Waals surface area contributed by atoms with E-state index in [1.807, 2.05) is 0 Å². The van der Waals surface area contributed by atoms with Crippen LogP contribution in [0.4, 0.5) is 0 Å². The van der Waals surface area contributed by atoms with Gasteiger partial charge in [0.05, 0.1) is 0 Å². The molecule has 0 aliphatic carbocycles. The van der Waals surface area contributed by atoms with E-state index < -0.39 is 0 Å². The molecule has 13 heavy (non-hydrogen) atoms. The van der Waals surface area contributed by atoms with E-state index in [-0.39, 0.29) is 0 Å². The number of nitrogens with zero attached hydrogens (tertiary/aromatic N) is 2. The van der Waals surface area contributed by atoms with Gasteiger partial charge in [0.15, 0.2) is 0 Å². The molecule has 2 atom stereocenters. The maximum atomic E-state index is 2.52. The lowest BCUT2D eigenvalue weighted by molar-refractivity contribution is 0.135. The van der Waals surface area contributed by atoms with E-state index in [4.69, 9.17) is 0 Å². The highest BCUT2D eigenvalue weighted by atomic mass is 15.3. The number of hydrogen-bond acceptors (Lipinski definition) is 2. The predicted octanol–water partition coefficient (Wildman–Crippen LogP) is 1.28. The van der Waals surface area contributed by atoms with Gasteiger partial charge in [0.25, 0.3) is 0 Å². The van der Waals surface area contributed by atoms with Crippen molar-refractivity contribution in [1.29, 1.82) is 0 Å². The summed E-state index contributed by atoms with van der Waals surface area (Å²) in [4.78, 5) is 5.04. The van der Waals surface area contributed by atoms with Crippen LogP contribution in [-0.4, -0.2) is 49.1 Å². The van der Waals surface area contributed by atoms with Crippen molar-refractivity contribution in [2.75, 3.05) is 27.2 Å². The first-order valence-electron chi connectivity index (χ1n) is 5.38. The Labute approximate surface area is 81.9 Å². The first-order valence-corrected chi connectivity index (χ1v) is 5.38. The first kappa shape index (κ1) is 9.47. The molecule has 0 amide bonds. The molecular formula is C11H22N2. The van der Waals surface area contributed by atoms with Crippen molar-refractivity contribution in [3.63, 3.8) is 0 Å². The fourth-order valence-electron chi connectivity index (χ4n) is 3.44. The standard InChI is InChI=1S/C11H22N2/c1-8-11(3)9(2)13(5)7-10(11)6-12(8)4/h8-10H,6-7H2,1-5H3. The van der Waals surface area contributed by atoms with Crippen molar-refractivity contribution in [2.45, 2.75) is 32.9 Å². The van der Waals surface area contributed by atoms with Gasteiger partial charge in [0, 0.05) is 30.6 Å². The molecule has 2 fully saturated rings. The summed E-state index contributed by atoms with van der Waals surface area (Å²) in [7, 11) is 4.53. The van der Waals surface area contributed by atoms with Gasteiger partial charge in [-0.15, -0.1) is 0 Å². The molecule has 0 radical (unpaired) electrons. The second-order valence-electron chi connectivity index (χ2n) is 5.29. The van der Waals surface area contributed by atoms with Crippen LogP contribution < -0.4 is 0 Å². The molecule has 0 N–H and O–H groups in total. The topological polar surface area (TPSA) is 6.48 Å². The molecule has 2 heteroatoms. The third-order valence-electron chi connectivity index (χ3n) is 5.02. The predicted molar refractivity (Wildman–Crippen MR) is 55.8 cm³/mol. The quantitative estimate of drug-likeness (QED) is 0.557. The molecule has 0 spiro atoms. The number of hydrogen-bond donors (Lipinski definition) is 0. The molecular weight excluding hydrogens is 160 g/mol. The average molecular weight is 182 g/mol. The summed E-state index contributed by atoms with van der Waals surface area (Å²) in [5, 5.41) is 0. The molecule has 2 aliphatic heterocycles. The summed E-state index contributed by atoms with van der Waals surface area (Å²) in [6, 6.07) is 1.47. The van der Waals surface area contributed by atoms with Crippen molar-refractivity contribution >= 4 is 0 Å². The van der Waals surface area contributed by atoms with Crippen LogP contribution in [0.15, 0.2) is 0 Å². The van der Waals surface area contributed by atoms with Crippen LogP contribution in [0.2, 0.25) is 0 Å². The Bertz CT molecular complexity index is 196. The Morgan fingerprint density at radius 3 is 1.69 bits per heavy atom. The molecule has 0 aromatic carbocycles. The van der Waals surface area contributed by atoms with Crippen molar-refractivity contribution in [3.05, 3.63) is 0 Å². The van der Waals surface area contributed by atoms with Crippen LogP contribution in [0.3, 0.4) is 0 Å². The second kappa shape index (κ2) is 2.71. The van der Waals surface area contributed by atoms with E-state index in [0.717, 1.165) is 18.0 Å². The molecule has 0 aromatic heterocycles. The van der Waals surface area contributed by atoms with Crippen LogP contribution in [0.1, 0.15) is 20.8 Å². The molecule has 76 valence electrons. The van der Waals surface area contributed by atoms with E-state index in [0.29, 0.717) is 5.41 Å². The van der Waals surface area contributed by atoms with Crippen LogP contribution in [0, 0.1) is 11.3 Å². The fourth-order valence-corrected chi connectivity index (χ4v) is 3.44. The zero-order valence-corrected chi connectivity index (χ0v) is 9.54. The molecule has 2 rings (SSSR count). The Hall–Kier alpha value is -0.0800. The van der Waals surface area contributed by atoms with Gasteiger partial charge < -0.3 is 9.80 Å². The van der Waals surface area contributed by atoms with Gasteiger partial charge >= 0.3 is 0 Å². The first-order chi connectivity index (χ1) is 5.98. The minimum absolute atomic E-state index is 0.517. The van der Waals surface area contributed by atoms with Gasteiger partial charge in [-0.3, -0.25) is 0 Å². The Morgan fingerprint density at radius 2 is 1.38 bits per heavy atom. The van der Waals surface area contributed by atoms with E-state index in [1.54, 1.807) is 0 Å². The normalized spacial score (nSPS) is 52.8. The summed E-state index contributed by atoms with van der Waals surface area (Å²) >= 11 is 0. The molecule has 2 saturated heterocycles. The highest BCUT2D eigenvalue weighted by molar-refractivity contribution is 5.09. The van der Waals surface area contributed by atoms with Crippen molar-refractivity contribution < 1.29 is 0 Å². The molecule has 0 bridgehead atoms. The third kappa shape index (κ3) is 1.02. The monoisotopic (exact) mass is 182 g/mol. The van der Waals surface area contributed by atoms with Gasteiger partial charge in [0.1, 0.15) is 0 Å². The number of rotatable bonds is 0. The lowest BCUT2D eigenvalue weighted by Crippen LogP contribution is -2.43. The van der Waals surface area contributed by atoms with Gasteiger partial charge in [0.2, 0.25) is 0 Å². The van der Waals surface area contributed by atoms with Crippen LogP contribution in [-0.2, 0) is 0 Å². The molecule has 0 saturated carbocycles. The molecule has 0 aromatic rings. The minimum Gasteiger partial charge on any atom is -0.303 e. The zero-order chi connectivity index (χ0) is 9.80. The smallest absolute Gasteiger partial charge is 0.0136 e. The Balaban J connectivity index is 2.30. The molecule has 2 heterocycles. The minimum atomic E-state index is 0.517. The van der Waals surface area contributed by atoms with Crippen LogP contribution >= 0.6 is 0 Å². The Kier molecular flexibility index (Phi) is 1.97. The average Bonchev–Trinajstić information content (AvgIpc) is 2.41. The zero-order valence-electron chi connectivity index (χ0n) is 9.54. The van der Waals surface area contributed by atoms with E-state index in [9.17, 15) is 0 Å². The maximum Gasteiger partial charge on any atom is 0.0136 e. The van der Waals surface area contributed by atoms with Crippen molar-refractivity contribution in [2.24, 2.45) is 11.3 Å². The summed E-state index contributed by atoms with van der Waals surface area (Å²) in [5.41, 5.74) is 0.517. The SMILES string of the molecule is CC1N(C)CC2CN(C)C(C)C21C. The lowest BCUT2D eigenvalue weighted by Gasteiger charge is -2.36. The number of fused-ring (bicyclic) bond motifs is 1. The summed E-state index contributed by atoms with van der Waals surface area (Å²) < 4.78 is 0. The largest absolute Gasteiger partial charge is 0.303 e. The van der Waals surface area contributed by atoms with Crippen LogP contribution in [0.25, 0.3) is 0 Å². The maximum absolute atomic E-state index is 2.52. The van der Waals surface area contributed by atoms with Gasteiger partial charge in [-0.25, -0.2) is 0 Å². The molecule has 2 aliphatic rings. The van der Waals surface area contributed by atoms with Gasteiger partial charge in [-0.2, -0.15) is 0 Å². The van der Waals surface area contributed by atoms with Crippen LogP contribution in [0.5, 0.6) is 0 Å². The highest BCUT2D eigenvalue weighted by Gasteiger charge is 2.55. The van der Waals surface area contributed by atoms with Gasteiger partial charge in [-0.05, 0) is 33.9 Å². The third-order valence-corrected chi connectivity index (χ3v) is 5.02. The molecule has 2 nitrogen and oxygen atoms in total. The van der Waals surface area contributed by atoms with Crippen molar-refractivity contribution in [3.8, 4) is 0 Å². The Morgan fingerprint density at radius 1 is 1.00 bits per heavy atom. The number of likely N-dealkylation sites (tertiary alicyclic amines) is 2.